The van der Waals surface area contributed by atoms with Gasteiger partial charge in [-0.05, 0) is 37.2 Å². The molecule has 126 valence electrons. The molecule has 0 saturated carbocycles. The number of nitrogens with zero attached hydrogens (tertiary/aromatic N) is 4. The summed E-state index contributed by atoms with van der Waals surface area (Å²) in [4.78, 5) is 25.7. The van der Waals surface area contributed by atoms with E-state index in [-0.39, 0.29) is 17.4 Å². The molecule has 3 rings (SSSR count). The number of amides is 1. The first-order valence-electron chi connectivity index (χ1n) is 8.60. The molecule has 3 heterocycles. The van der Waals surface area contributed by atoms with Gasteiger partial charge in [-0.15, -0.1) is 0 Å². The van der Waals surface area contributed by atoms with E-state index in [1.807, 2.05) is 4.90 Å². The molecule has 2 aliphatic heterocycles. The molecule has 6 nitrogen and oxygen atoms in total. The number of hydrogen-bond donors (Lipinski definition) is 1. The molecule has 2 fully saturated rings. The van der Waals surface area contributed by atoms with Crippen LogP contribution in [0.2, 0.25) is 0 Å². The minimum absolute atomic E-state index is 0.00867. The van der Waals surface area contributed by atoms with E-state index < -0.39 is 0 Å². The maximum atomic E-state index is 12.8. The first-order chi connectivity index (χ1) is 11.0. The molecule has 0 bridgehead atoms. The number of rotatable bonds is 2. The summed E-state index contributed by atoms with van der Waals surface area (Å²) in [6.07, 6.45) is 6.13. The van der Waals surface area contributed by atoms with E-state index in [0.29, 0.717) is 24.7 Å². The molecule has 2 aliphatic rings. The Morgan fingerprint density at radius 3 is 2.70 bits per heavy atom. The molecule has 1 aromatic heterocycles. The maximum Gasteiger partial charge on any atom is 0.272 e. The Morgan fingerprint density at radius 2 is 2.00 bits per heavy atom. The van der Waals surface area contributed by atoms with Crippen LogP contribution in [0.25, 0.3) is 0 Å². The quantitative estimate of drug-likeness (QED) is 0.898. The number of hydrogen-bond acceptors (Lipinski definition) is 5. The molecule has 1 unspecified atom stereocenters. The Morgan fingerprint density at radius 1 is 1.26 bits per heavy atom. The average molecular weight is 317 g/mol. The third kappa shape index (κ3) is 3.47. The van der Waals surface area contributed by atoms with Crippen LogP contribution in [0.1, 0.15) is 50.0 Å². The number of aromatic nitrogens is 2. The Balaban J connectivity index is 1.75. The Labute approximate surface area is 138 Å². The van der Waals surface area contributed by atoms with Crippen molar-refractivity contribution in [3.05, 3.63) is 18.0 Å². The predicted molar refractivity (Wildman–Crippen MR) is 90.4 cm³/mol. The fourth-order valence-electron chi connectivity index (χ4n) is 3.42. The van der Waals surface area contributed by atoms with Crippen LogP contribution < -0.4 is 10.6 Å². The summed E-state index contributed by atoms with van der Waals surface area (Å²) in [6, 6.07) is 1.86. The van der Waals surface area contributed by atoms with Crippen molar-refractivity contribution in [2.45, 2.75) is 45.6 Å². The zero-order valence-electron chi connectivity index (χ0n) is 14.2. The molecule has 0 aromatic carbocycles. The Hall–Kier alpha value is -1.69. The molecule has 6 heteroatoms. The number of carbonyl (C=O) groups is 1. The molecular weight excluding hydrogens is 290 g/mol. The molecule has 2 N–H and O–H groups in total. The van der Waals surface area contributed by atoms with E-state index in [1.54, 1.807) is 12.3 Å². The number of likely N-dealkylation sites (tertiary alicyclic amines) is 1. The van der Waals surface area contributed by atoms with Crippen molar-refractivity contribution < 1.29 is 4.79 Å². The van der Waals surface area contributed by atoms with Crippen LogP contribution in [-0.4, -0.2) is 53.0 Å². The highest BCUT2D eigenvalue weighted by Crippen LogP contribution is 2.28. The lowest BCUT2D eigenvalue weighted by Crippen LogP contribution is -2.54. The first kappa shape index (κ1) is 16.2. The molecule has 2 saturated heterocycles. The second-order valence-corrected chi connectivity index (χ2v) is 7.40. The second kappa shape index (κ2) is 6.43. The zero-order valence-corrected chi connectivity index (χ0v) is 14.2. The van der Waals surface area contributed by atoms with Crippen LogP contribution in [0.15, 0.2) is 12.3 Å². The van der Waals surface area contributed by atoms with Crippen LogP contribution in [0.4, 0.5) is 5.95 Å². The topological polar surface area (TPSA) is 75.4 Å². The second-order valence-electron chi connectivity index (χ2n) is 7.40. The summed E-state index contributed by atoms with van der Waals surface area (Å²) < 4.78 is 0. The lowest BCUT2D eigenvalue weighted by Gasteiger charge is -2.42. The van der Waals surface area contributed by atoms with Gasteiger partial charge in [0.15, 0.2) is 0 Å². The number of nitrogens with two attached hydrogens (primary N) is 1. The lowest BCUT2D eigenvalue weighted by molar-refractivity contribution is 0.0527. The molecule has 1 aromatic rings. The summed E-state index contributed by atoms with van der Waals surface area (Å²) in [7, 11) is 0. The van der Waals surface area contributed by atoms with E-state index in [2.05, 4.69) is 28.7 Å². The van der Waals surface area contributed by atoms with Crippen molar-refractivity contribution in [2.75, 3.05) is 31.1 Å². The van der Waals surface area contributed by atoms with Gasteiger partial charge >= 0.3 is 0 Å². The van der Waals surface area contributed by atoms with Gasteiger partial charge in [0, 0.05) is 38.4 Å². The third-order valence-electron chi connectivity index (χ3n) is 5.10. The molecule has 0 spiro atoms. The molecule has 1 atom stereocenters. The molecule has 0 radical (unpaired) electrons. The van der Waals surface area contributed by atoms with Gasteiger partial charge in [0.05, 0.1) is 0 Å². The van der Waals surface area contributed by atoms with Crippen molar-refractivity contribution in [1.82, 2.24) is 14.9 Å². The van der Waals surface area contributed by atoms with E-state index >= 15 is 0 Å². The van der Waals surface area contributed by atoms with Gasteiger partial charge < -0.3 is 15.5 Å². The van der Waals surface area contributed by atoms with Crippen molar-refractivity contribution in [1.29, 1.82) is 0 Å². The highest BCUT2D eigenvalue weighted by molar-refractivity contribution is 5.92. The molecule has 23 heavy (non-hydrogen) atoms. The van der Waals surface area contributed by atoms with E-state index in [4.69, 9.17) is 5.73 Å². The van der Waals surface area contributed by atoms with Gasteiger partial charge in [-0.2, -0.15) is 0 Å². The average Bonchev–Trinajstić information content (AvgIpc) is 2.57. The summed E-state index contributed by atoms with van der Waals surface area (Å²) in [5, 5.41) is 0. The minimum atomic E-state index is -0.0589. The van der Waals surface area contributed by atoms with Gasteiger partial charge in [-0.3, -0.25) is 4.79 Å². The smallest absolute Gasteiger partial charge is 0.272 e. The van der Waals surface area contributed by atoms with Crippen LogP contribution in [0.5, 0.6) is 0 Å². The monoisotopic (exact) mass is 317 g/mol. The third-order valence-corrected chi connectivity index (χ3v) is 5.10. The van der Waals surface area contributed by atoms with Crippen LogP contribution in [0, 0.1) is 5.41 Å². The van der Waals surface area contributed by atoms with E-state index in [0.717, 1.165) is 19.5 Å². The van der Waals surface area contributed by atoms with Gasteiger partial charge in [-0.1, -0.05) is 13.8 Å². The summed E-state index contributed by atoms with van der Waals surface area (Å²) in [5.74, 6) is 0.675. The fraction of sp³-hybridized carbons (Fsp3) is 0.706. The predicted octanol–water partition coefficient (Wildman–Crippen LogP) is 1.67. The molecular formula is C17H27N5O. The van der Waals surface area contributed by atoms with Crippen molar-refractivity contribution in [3.8, 4) is 0 Å². The van der Waals surface area contributed by atoms with Crippen molar-refractivity contribution in [2.24, 2.45) is 11.1 Å². The first-order valence-corrected chi connectivity index (χ1v) is 8.60. The van der Waals surface area contributed by atoms with E-state index in [9.17, 15) is 4.79 Å². The number of carbonyl (C=O) groups excluding carboxylic acids is 1. The number of anilines is 1. The van der Waals surface area contributed by atoms with Crippen LogP contribution in [0.3, 0.4) is 0 Å². The standard InChI is InChI=1S/C17H27N5O/c1-17(2)12-22(11-7-14(17)18)15(23)13-6-8-19-16(20-13)21-9-4-3-5-10-21/h6,8,14H,3-5,7,9-12,18H2,1-2H3. The Bertz CT molecular complexity index is 568. The summed E-state index contributed by atoms with van der Waals surface area (Å²) in [6.45, 7) is 7.57. The van der Waals surface area contributed by atoms with E-state index in [1.165, 1.54) is 19.3 Å². The van der Waals surface area contributed by atoms with Gasteiger partial charge in [0.2, 0.25) is 5.95 Å². The van der Waals surface area contributed by atoms with Crippen molar-refractivity contribution >= 4 is 11.9 Å². The van der Waals surface area contributed by atoms with Gasteiger partial charge in [-0.25, -0.2) is 9.97 Å². The highest BCUT2D eigenvalue weighted by Gasteiger charge is 2.36. The van der Waals surface area contributed by atoms with Crippen LogP contribution in [-0.2, 0) is 0 Å². The highest BCUT2D eigenvalue weighted by atomic mass is 16.2. The summed E-state index contributed by atoms with van der Waals surface area (Å²) >= 11 is 0. The largest absolute Gasteiger partial charge is 0.341 e. The van der Waals surface area contributed by atoms with Crippen LogP contribution >= 0.6 is 0 Å². The van der Waals surface area contributed by atoms with Gasteiger partial charge in [0.1, 0.15) is 5.69 Å². The zero-order chi connectivity index (χ0) is 16.4. The molecule has 1 amide bonds. The number of piperidine rings is 2. The maximum absolute atomic E-state index is 12.8. The summed E-state index contributed by atoms with van der Waals surface area (Å²) in [5.41, 5.74) is 6.60. The normalized spacial score (nSPS) is 24.6. The Kier molecular flexibility index (Phi) is 4.53. The van der Waals surface area contributed by atoms with Gasteiger partial charge in [0.25, 0.3) is 5.91 Å². The minimum Gasteiger partial charge on any atom is -0.341 e. The van der Waals surface area contributed by atoms with Crippen molar-refractivity contribution in [3.63, 3.8) is 0 Å². The SMILES string of the molecule is CC1(C)CN(C(=O)c2ccnc(N3CCCCC3)n2)CCC1N. The fourth-order valence-corrected chi connectivity index (χ4v) is 3.42. The lowest BCUT2D eigenvalue weighted by atomic mass is 9.79. The molecule has 0 aliphatic carbocycles.